The lowest BCUT2D eigenvalue weighted by atomic mass is 10.0. The summed E-state index contributed by atoms with van der Waals surface area (Å²) in [6, 6.07) is 21.2. The Hall–Kier alpha value is -4.77. The first-order valence-electron chi connectivity index (χ1n) is 15.6. The van der Waals surface area contributed by atoms with Crippen LogP contribution in [-0.4, -0.2) is 54.7 Å². The minimum Gasteiger partial charge on any atom is -0.489 e. The van der Waals surface area contributed by atoms with Gasteiger partial charge in [0.05, 0.1) is 19.8 Å². The van der Waals surface area contributed by atoms with Crippen LogP contribution in [-0.2, 0) is 45.2 Å². The van der Waals surface area contributed by atoms with E-state index in [4.69, 9.17) is 18.9 Å². The second kappa shape index (κ2) is 17.8. The van der Waals surface area contributed by atoms with Crippen LogP contribution in [0.15, 0.2) is 72.8 Å². The first kappa shape index (κ1) is 36.7. The van der Waals surface area contributed by atoms with Crippen molar-refractivity contribution in [2.75, 3.05) is 19.0 Å². The number of aliphatic hydroxyl groups is 1. The van der Waals surface area contributed by atoms with Gasteiger partial charge >= 0.3 is 18.2 Å². The molecule has 3 aromatic rings. The number of aliphatic hydroxyl groups excluding tert-OH is 1. The van der Waals surface area contributed by atoms with Gasteiger partial charge in [0.2, 0.25) is 0 Å². The van der Waals surface area contributed by atoms with Crippen LogP contribution < -0.4 is 20.7 Å². The topological polar surface area (TPSA) is 144 Å². The highest BCUT2D eigenvalue weighted by Gasteiger charge is 2.26. The number of rotatable bonds is 15. The van der Waals surface area contributed by atoms with Crippen molar-refractivity contribution >= 4 is 23.8 Å². The first-order valence-corrected chi connectivity index (χ1v) is 15.6. The molecule has 0 spiro atoms. The molecule has 0 radical (unpaired) electrons. The number of alkyl carbamates (subject to hydrolysis) is 2. The molecule has 254 valence electrons. The Balaban J connectivity index is 1.74. The average molecular weight is 650 g/mol. The van der Waals surface area contributed by atoms with Crippen LogP contribution in [0, 0.1) is 5.92 Å². The molecule has 11 nitrogen and oxygen atoms in total. The number of anilines is 1. The van der Waals surface area contributed by atoms with Crippen molar-refractivity contribution in [3.63, 3.8) is 0 Å². The standard InChI is InChI=1S/C36H47N3O8/c1-24(2)32(33(41)46-23-26-10-8-7-9-11-26)39-31-19-30(17-16-28(31)18-29(21-40)38-35(43)44-6)45-22-27-14-12-25(13-15-27)20-37-34(42)47-36(3,4)5/h7-17,19,24,29,32,39-40H,18,20-23H2,1-6H3,(H,37,42)(H,38,43)/t29-,32?/m0/s1. The maximum atomic E-state index is 13.2. The molecule has 0 aliphatic carbocycles. The van der Waals surface area contributed by atoms with E-state index in [1.807, 2.05) is 95.3 Å². The summed E-state index contributed by atoms with van der Waals surface area (Å²) in [5.41, 5.74) is 3.49. The molecule has 2 amide bonds. The van der Waals surface area contributed by atoms with Crippen LogP contribution >= 0.6 is 0 Å². The first-order chi connectivity index (χ1) is 22.4. The van der Waals surface area contributed by atoms with E-state index in [0.29, 0.717) is 18.0 Å². The molecule has 0 bridgehead atoms. The van der Waals surface area contributed by atoms with E-state index in [2.05, 4.69) is 16.0 Å². The second-order valence-electron chi connectivity index (χ2n) is 12.5. The summed E-state index contributed by atoms with van der Waals surface area (Å²) in [5.74, 6) is 0.0168. The molecule has 3 aromatic carbocycles. The van der Waals surface area contributed by atoms with E-state index in [1.54, 1.807) is 12.1 Å². The van der Waals surface area contributed by atoms with Crippen molar-refractivity contribution in [2.24, 2.45) is 5.92 Å². The SMILES string of the molecule is COC(=O)N[C@H](CO)Cc1ccc(OCc2ccc(CNC(=O)OC(C)(C)C)cc2)cc1NC(C(=O)OCc1ccccc1)C(C)C. The Morgan fingerprint density at radius 1 is 0.851 bits per heavy atom. The highest BCUT2D eigenvalue weighted by atomic mass is 16.6. The van der Waals surface area contributed by atoms with Gasteiger partial charge < -0.3 is 40.0 Å². The summed E-state index contributed by atoms with van der Waals surface area (Å²) in [7, 11) is 1.26. The molecular formula is C36H47N3O8. The highest BCUT2D eigenvalue weighted by Crippen LogP contribution is 2.27. The third-order valence-corrected chi connectivity index (χ3v) is 7.00. The fourth-order valence-electron chi connectivity index (χ4n) is 4.50. The molecule has 2 atom stereocenters. The highest BCUT2D eigenvalue weighted by molar-refractivity contribution is 5.80. The number of carbonyl (C=O) groups is 3. The summed E-state index contributed by atoms with van der Waals surface area (Å²) in [4.78, 5) is 37.1. The number of benzene rings is 3. The van der Waals surface area contributed by atoms with Gasteiger partial charge in [0.1, 0.15) is 30.6 Å². The van der Waals surface area contributed by atoms with Crippen LogP contribution in [0.1, 0.15) is 56.9 Å². The van der Waals surface area contributed by atoms with E-state index in [1.165, 1.54) is 7.11 Å². The predicted octanol–water partition coefficient (Wildman–Crippen LogP) is 5.73. The van der Waals surface area contributed by atoms with E-state index in [-0.39, 0.29) is 32.2 Å². The Morgan fingerprint density at radius 3 is 2.13 bits per heavy atom. The smallest absolute Gasteiger partial charge is 0.407 e. The van der Waals surface area contributed by atoms with Crippen LogP contribution in [0.3, 0.4) is 0 Å². The zero-order chi connectivity index (χ0) is 34.4. The summed E-state index contributed by atoms with van der Waals surface area (Å²) < 4.78 is 21.8. The zero-order valence-corrected chi connectivity index (χ0v) is 28.0. The van der Waals surface area contributed by atoms with Crippen LogP contribution in [0.2, 0.25) is 0 Å². The zero-order valence-electron chi connectivity index (χ0n) is 28.0. The Bertz CT molecular complexity index is 1440. The summed E-state index contributed by atoms with van der Waals surface area (Å²) in [6.45, 7) is 9.71. The molecule has 1 unspecified atom stereocenters. The molecule has 0 saturated carbocycles. The molecule has 11 heteroatoms. The Kier molecular flexibility index (Phi) is 13.9. The molecule has 47 heavy (non-hydrogen) atoms. The number of carbonyl (C=O) groups excluding carboxylic acids is 3. The van der Waals surface area contributed by atoms with Crippen LogP contribution in [0.25, 0.3) is 0 Å². The van der Waals surface area contributed by atoms with Crippen LogP contribution in [0.4, 0.5) is 15.3 Å². The van der Waals surface area contributed by atoms with Crippen molar-refractivity contribution in [3.05, 3.63) is 95.1 Å². The molecule has 0 aromatic heterocycles. The minimum absolute atomic E-state index is 0.124. The molecule has 0 heterocycles. The van der Waals surface area contributed by atoms with Crippen LogP contribution in [0.5, 0.6) is 5.75 Å². The van der Waals surface area contributed by atoms with Crippen molar-refractivity contribution in [1.82, 2.24) is 10.6 Å². The third-order valence-electron chi connectivity index (χ3n) is 7.00. The predicted molar refractivity (Wildman–Crippen MR) is 179 cm³/mol. The maximum absolute atomic E-state index is 13.2. The van der Waals surface area contributed by atoms with Gasteiger partial charge in [0, 0.05) is 18.3 Å². The van der Waals surface area contributed by atoms with Gasteiger partial charge in [-0.15, -0.1) is 0 Å². The van der Waals surface area contributed by atoms with Crippen molar-refractivity contribution in [1.29, 1.82) is 0 Å². The Morgan fingerprint density at radius 2 is 1.51 bits per heavy atom. The van der Waals surface area contributed by atoms with Gasteiger partial charge in [0.15, 0.2) is 0 Å². The fraction of sp³-hybridized carbons (Fsp3) is 0.417. The average Bonchev–Trinajstić information content (AvgIpc) is 3.04. The van der Waals surface area contributed by atoms with E-state index >= 15 is 0 Å². The van der Waals surface area contributed by atoms with Crippen molar-refractivity contribution in [2.45, 2.75) is 78.5 Å². The van der Waals surface area contributed by atoms with E-state index in [9.17, 15) is 19.5 Å². The van der Waals surface area contributed by atoms with Gasteiger partial charge in [0.25, 0.3) is 0 Å². The quantitative estimate of drug-likeness (QED) is 0.120. The van der Waals surface area contributed by atoms with Gasteiger partial charge in [-0.05, 0) is 61.4 Å². The fourth-order valence-corrected chi connectivity index (χ4v) is 4.50. The maximum Gasteiger partial charge on any atom is 0.407 e. The summed E-state index contributed by atoms with van der Waals surface area (Å²) in [5, 5.41) is 18.6. The molecule has 0 saturated heterocycles. The second-order valence-corrected chi connectivity index (χ2v) is 12.5. The number of hydrogen-bond acceptors (Lipinski definition) is 9. The summed E-state index contributed by atoms with van der Waals surface area (Å²) in [6.07, 6.45) is -0.875. The largest absolute Gasteiger partial charge is 0.489 e. The molecule has 3 rings (SSSR count). The van der Waals surface area contributed by atoms with Gasteiger partial charge in [-0.2, -0.15) is 0 Å². The van der Waals surface area contributed by atoms with Gasteiger partial charge in [-0.3, -0.25) is 0 Å². The summed E-state index contributed by atoms with van der Waals surface area (Å²) >= 11 is 0. The lowest BCUT2D eigenvalue weighted by molar-refractivity contribution is -0.146. The molecule has 4 N–H and O–H groups in total. The molecular weight excluding hydrogens is 602 g/mol. The third kappa shape index (κ3) is 12.9. The molecule has 0 aliphatic heterocycles. The molecule has 0 aliphatic rings. The van der Waals surface area contributed by atoms with Gasteiger partial charge in [-0.25, -0.2) is 14.4 Å². The Labute approximate surface area is 276 Å². The monoisotopic (exact) mass is 649 g/mol. The number of hydrogen-bond donors (Lipinski definition) is 4. The number of ether oxygens (including phenoxy) is 4. The normalized spacial score (nSPS) is 12.4. The number of esters is 1. The van der Waals surface area contributed by atoms with Gasteiger partial charge in [-0.1, -0.05) is 74.5 Å². The van der Waals surface area contributed by atoms with E-state index < -0.39 is 35.8 Å². The lowest BCUT2D eigenvalue weighted by Crippen LogP contribution is -2.39. The number of methoxy groups -OCH3 is 1. The molecule has 0 fully saturated rings. The van der Waals surface area contributed by atoms with E-state index in [0.717, 1.165) is 22.3 Å². The number of amides is 2. The van der Waals surface area contributed by atoms with Crippen molar-refractivity contribution in [3.8, 4) is 5.75 Å². The van der Waals surface area contributed by atoms with Crippen molar-refractivity contribution < 1.29 is 38.4 Å². The minimum atomic E-state index is -0.685. The lowest BCUT2D eigenvalue weighted by Gasteiger charge is -2.25. The number of nitrogens with one attached hydrogen (secondary N) is 3.